The van der Waals surface area contributed by atoms with Crippen molar-refractivity contribution >= 4 is 12.9 Å². The van der Waals surface area contributed by atoms with E-state index in [1.807, 2.05) is 6.07 Å². The van der Waals surface area contributed by atoms with Crippen molar-refractivity contribution in [3.8, 4) is 0 Å². The largest absolute Gasteiger partial charge is 0.673 e. The van der Waals surface area contributed by atoms with E-state index in [0.717, 1.165) is 26.3 Å². The Labute approximate surface area is 108 Å². The van der Waals surface area contributed by atoms with Gasteiger partial charge in [-0.15, -0.1) is 0 Å². The smallest absolute Gasteiger partial charge is 0.418 e. The molecule has 0 aromatic heterocycles. The number of diazo groups is 1. The molecular weight excluding hydrogens is 265 g/mol. The highest BCUT2D eigenvalue weighted by atomic mass is 19.5. The van der Waals surface area contributed by atoms with Gasteiger partial charge in [0, 0.05) is 18.8 Å². The van der Waals surface area contributed by atoms with Crippen LogP contribution in [0, 0.1) is 5.39 Å². The van der Waals surface area contributed by atoms with E-state index in [9.17, 15) is 17.3 Å². The maximum Gasteiger partial charge on any atom is 0.673 e. The van der Waals surface area contributed by atoms with Gasteiger partial charge in [0.15, 0.2) is 0 Å². The molecule has 0 spiro atoms. The van der Waals surface area contributed by atoms with Crippen LogP contribution in [0.2, 0.25) is 0 Å². The molecule has 1 aliphatic rings. The Hall–Kier alpha value is -1.82. The molecule has 2 rings (SSSR count). The van der Waals surface area contributed by atoms with Gasteiger partial charge < -0.3 is 26.9 Å². The lowest BCUT2D eigenvalue weighted by atomic mass is 10.3. The minimum atomic E-state index is -6.00. The number of anilines is 1. The number of nitrogens with one attached hydrogen (secondary N) is 1. The fourth-order valence-corrected chi connectivity index (χ4v) is 1.46. The zero-order chi connectivity index (χ0) is 14.7. The number of halogens is 4. The van der Waals surface area contributed by atoms with E-state index in [2.05, 4.69) is 29.2 Å². The number of para-hydroxylation sites is 1. The summed E-state index contributed by atoms with van der Waals surface area (Å²) in [7, 11) is -6.00. The monoisotopic (exact) mass is 279 g/mol. The first-order chi connectivity index (χ1) is 8.97. The SMILES string of the molecule is F[B-](F)(F)F.N#[NH+].c1ccc(N2CCOCC2)cc1. The molecule has 1 N–H and O–H groups in total. The summed E-state index contributed by atoms with van der Waals surface area (Å²) < 4.78 is 44.3. The van der Waals surface area contributed by atoms with Crippen LogP contribution in [0.1, 0.15) is 0 Å². The highest BCUT2D eigenvalue weighted by Crippen LogP contribution is 2.13. The molecule has 0 amide bonds. The summed E-state index contributed by atoms with van der Waals surface area (Å²) in [4.78, 5) is 2.35. The fourth-order valence-electron chi connectivity index (χ4n) is 1.46. The zero-order valence-electron chi connectivity index (χ0n) is 10.1. The van der Waals surface area contributed by atoms with E-state index in [4.69, 9.17) is 15.5 Å². The third-order valence-electron chi connectivity index (χ3n) is 2.13. The molecule has 1 heterocycles. The molecular formula is C10H14BF4N3O. The van der Waals surface area contributed by atoms with E-state index < -0.39 is 7.25 Å². The number of hydrogen-bond acceptors (Lipinski definition) is 3. The first kappa shape index (κ1) is 17.2. The molecule has 19 heavy (non-hydrogen) atoms. The summed E-state index contributed by atoms with van der Waals surface area (Å²) in [5.74, 6) is 0. The van der Waals surface area contributed by atoms with Crippen molar-refractivity contribution in [3.05, 3.63) is 30.3 Å². The molecule has 0 radical (unpaired) electrons. The normalized spacial score (nSPS) is 14.5. The summed E-state index contributed by atoms with van der Waals surface area (Å²) in [6.45, 7) is 3.75. The van der Waals surface area contributed by atoms with Crippen LogP contribution in [0.4, 0.5) is 23.0 Å². The molecule has 0 saturated carbocycles. The van der Waals surface area contributed by atoms with Crippen LogP contribution < -0.4 is 10.3 Å². The number of hydrogen-bond donors (Lipinski definition) is 1. The summed E-state index contributed by atoms with van der Waals surface area (Å²) >= 11 is 0. The minimum Gasteiger partial charge on any atom is -0.418 e. The molecule has 4 nitrogen and oxygen atoms in total. The first-order valence-corrected chi connectivity index (χ1v) is 5.44. The van der Waals surface area contributed by atoms with Gasteiger partial charge in [0.2, 0.25) is 5.39 Å². The molecule has 1 aliphatic heterocycles. The lowest BCUT2D eigenvalue weighted by Gasteiger charge is -2.28. The van der Waals surface area contributed by atoms with Crippen molar-refractivity contribution < 1.29 is 27.4 Å². The third kappa shape index (κ3) is 9.85. The number of rotatable bonds is 1. The van der Waals surface area contributed by atoms with Crippen LogP contribution in [0.5, 0.6) is 0 Å². The van der Waals surface area contributed by atoms with Crippen molar-refractivity contribution in [2.75, 3.05) is 31.2 Å². The Morgan fingerprint density at radius 2 is 1.42 bits per heavy atom. The van der Waals surface area contributed by atoms with Gasteiger partial charge in [-0.3, -0.25) is 0 Å². The number of morpholine rings is 1. The first-order valence-electron chi connectivity index (χ1n) is 5.44. The van der Waals surface area contributed by atoms with Gasteiger partial charge in [-0.2, -0.15) is 0 Å². The molecule has 9 heteroatoms. The van der Waals surface area contributed by atoms with Crippen LogP contribution >= 0.6 is 0 Å². The average molecular weight is 279 g/mol. The molecule has 1 aromatic carbocycles. The van der Waals surface area contributed by atoms with Crippen LogP contribution in [0.25, 0.3) is 0 Å². The van der Waals surface area contributed by atoms with Gasteiger partial charge in [0.1, 0.15) is 0 Å². The van der Waals surface area contributed by atoms with E-state index in [1.165, 1.54) is 5.69 Å². The van der Waals surface area contributed by atoms with Gasteiger partial charge in [-0.25, -0.2) is 0 Å². The van der Waals surface area contributed by atoms with E-state index in [0.29, 0.717) is 0 Å². The zero-order valence-corrected chi connectivity index (χ0v) is 10.1. The second kappa shape index (κ2) is 9.16. The Morgan fingerprint density at radius 1 is 1.00 bits per heavy atom. The van der Waals surface area contributed by atoms with Crippen molar-refractivity contribution in [1.82, 2.24) is 0 Å². The standard InChI is InChI=1S/C10H13NO.BF4.N2/c1-2-4-10(5-3-1)11-6-8-12-9-7-11;2-1(3,4)5;1-2/h1-5H,6-9H2;;/q;-1;/p+1. The summed E-state index contributed by atoms with van der Waals surface area (Å²) in [5.41, 5.74) is 1.31. The molecule has 0 bridgehead atoms. The maximum absolute atomic E-state index is 9.75. The quantitative estimate of drug-likeness (QED) is 0.476. The summed E-state index contributed by atoms with van der Waals surface area (Å²) in [6, 6.07) is 10.5. The average Bonchev–Trinajstić information content (AvgIpc) is 2.41. The Morgan fingerprint density at radius 3 is 1.84 bits per heavy atom. The lowest BCUT2D eigenvalue weighted by Crippen LogP contribution is -2.36. The predicted octanol–water partition coefficient (Wildman–Crippen LogP) is 1.10. The second-order valence-electron chi connectivity index (χ2n) is 3.43. The third-order valence-corrected chi connectivity index (χ3v) is 2.13. The Balaban J connectivity index is 0.000000396. The van der Waals surface area contributed by atoms with Crippen LogP contribution in [-0.4, -0.2) is 33.6 Å². The maximum atomic E-state index is 9.75. The van der Waals surface area contributed by atoms with E-state index in [-0.39, 0.29) is 0 Å². The van der Waals surface area contributed by atoms with Gasteiger partial charge >= 0.3 is 7.25 Å². The van der Waals surface area contributed by atoms with Crippen LogP contribution in [0.15, 0.2) is 30.3 Å². The van der Waals surface area contributed by atoms with Crippen molar-refractivity contribution in [1.29, 1.82) is 5.39 Å². The minimum absolute atomic E-state index is 0.856. The molecule has 1 saturated heterocycles. The number of ether oxygens (including phenoxy) is 1. The van der Waals surface area contributed by atoms with E-state index >= 15 is 0 Å². The van der Waals surface area contributed by atoms with Crippen molar-refractivity contribution in [2.24, 2.45) is 0 Å². The Kier molecular flexibility index (Phi) is 8.28. The highest BCUT2D eigenvalue weighted by Gasteiger charge is 2.20. The Bertz CT molecular complexity index is 349. The molecule has 0 atom stereocenters. The highest BCUT2D eigenvalue weighted by molar-refractivity contribution is 6.50. The fraction of sp³-hybridized carbons (Fsp3) is 0.400. The second-order valence-corrected chi connectivity index (χ2v) is 3.43. The molecule has 0 unspecified atom stereocenters. The van der Waals surface area contributed by atoms with Gasteiger partial charge in [0.05, 0.1) is 18.6 Å². The van der Waals surface area contributed by atoms with Crippen molar-refractivity contribution in [3.63, 3.8) is 0 Å². The lowest BCUT2D eigenvalue weighted by molar-refractivity contribution is -0.175. The topological polar surface area (TPSA) is 60.1 Å². The van der Waals surface area contributed by atoms with Crippen molar-refractivity contribution in [2.45, 2.75) is 0 Å². The van der Waals surface area contributed by atoms with Crippen LogP contribution in [0.3, 0.4) is 0 Å². The van der Waals surface area contributed by atoms with Gasteiger partial charge in [0.25, 0.3) is 0 Å². The molecule has 1 fully saturated rings. The number of nitrogens with zero attached hydrogens (tertiary/aromatic N) is 2. The van der Waals surface area contributed by atoms with E-state index in [1.54, 1.807) is 0 Å². The van der Waals surface area contributed by atoms with Crippen LogP contribution in [-0.2, 0) is 4.74 Å². The predicted molar refractivity (Wildman–Crippen MR) is 62.3 cm³/mol. The number of benzene rings is 1. The van der Waals surface area contributed by atoms with Gasteiger partial charge in [-0.1, -0.05) is 18.2 Å². The summed E-state index contributed by atoms with van der Waals surface area (Å²) in [5, 5.41) is 11.0. The van der Waals surface area contributed by atoms with Gasteiger partial charge in [-0.05, 0) is 12.1 Å². The molecule has 1 aromatic rings. The summed E-state index contributed by atoms with van der Waals surface area (Å²) in [6.07, 6.45) is 0. The molecule has 0 aliphatic carbocycles. The molecule has 106 valence electrons.